The van der Waals surface area contributed by atoms with Gasteiger partial charge in [0.2, 0.25) is 10.0 Å². The van der Waals surface area contributed by atoms with E-state index in [1.165, 1.54) is 0 Å². The number of fused-ring (bicyclic) bond motifs is 1. The number of allylic oxidation sites excluding steroid dienone is 1. The Hall–Kier alpha value is -1.88. The molecule has 0 bridgehead atoms. The summed E-state index contributed by atoms with van der Waals surface area (Å²) in [5.74, 6) is -2.38. The van der Waals surface area contributed by atoms with Gasteiger partial charge in [-0.1, -0.05) is 12.2 Å². The number of halogens is 3. The lowest BCUT2D eigenvalue weighted by molar-refractivity contribution is 0.360. The number of ether oxygens (including phenoxy) is 1. The third kappa shape index (κ3) is 3.57. The highest BCUT2D eigenvalue weighted by molar-refractivity contribution is 14.1. The number of benzene rings is 2. The molecule has 0 radical (unpaired) electrons. The van der Waals surface area contributed by atoms with Crippen molar-refractivity contribution in [2.24, 2.45) is 0 Å². The average Bonchev–Trinajstić information content (AvgIpc) is 3.44. The monoisotopic (exact) mass is 518 g/mol. The number of hydrogen-bond acceptors (Lipinski definition) is 4. The molecule has 1 saturated carbocycles. The molecule has 1 aliphatic carbocycles. The molecule has 2 aliphatic rings. The molecule has 0 amide bonds. The second-order valence-electron chi connectivity index (χ2n) is 6.83. The fourth-order valence-corrected chi connectivity index (χ4v) is 5.08. The van der Waals surface area contributed by atoms with E-state index in [1.807, 2.05) is 0 Å². The maximum absolute atomic E-state index is 14.7. The fraction of sp³-hybridized carbons (Fsp3) is 0.263. The minimum absolute atomic E-state index is 0.0714. The van der Waals surface area contributed by atoms with Crippen molar-refractivity contribution < 1.29 is 21.9 Å². The average molecular weight is 518 g/mol. The van der Waals surface area contributed by atoms with Gasteiger partial charge in [0, 0.05) is 15.3 Å². The van der Waals surface area contributed by atoms with Gasteiger partial charge in [-0.25, -0.2) is 17.2 Å². The van der Waals surface area contributed by atoms with Crippen molar-refractivity contribution in [3.63, 3.8) is 0 Å². The van der Waals surface area contributed by atoms with Gasteiger partial charge < -0.3 is 10.1 Å². The largest absolute Gasteiger partial charge is 0.487 e. The zero-order valence-corrected chi connectivity index (χ0v) is 17.6. The minimum atomic E-state index is -3.83. The van der Waals surface area contributed by atoms with E-state index in [2.05, 4.69) is 32.6 Å². The third-order valence-corrected chi connectivity index (χ3v) is 7.81. The standard InChI is InChI=1S/C19H17F2IN2O3S/c20-14-11-15-17(18(16(14)21)23-13-5-3-12(22)4-6-13)24-28(25,26)19(8-9-19)7-1-2-10-27-15/h1-6,11,23-24H,7-10H2/b2-1+. The van der Waals surface area contributed by atoms with Crippen LogP contribution in [0.3, 0.4) is 0 Å². The molecule has 2 N–H and O–H groups in total. The van der Waals surface area contributed by atoms with Crippen molar-refractivity contribution in [3.8, 4) is 5.75 Å². The Morgan fingerprint density at radius 1 is 1.14 bits per heavy atom. The van der Waals surface area contributed by atoms with Crippen LogP contribution >= 0.6 is 22.6 Å². The Kier molecular flexibility index (Phi) is 4.98. The Morgan fingerprint density at radius 3 is 2.54 bits per heavy atom. The number of hydrogen-bond donors (Lipinski definition) is 2. The summed E-state index contributed by atoms with van der Waals surface area (Å²) in [5, 5.41) is 2.79. The second-order valence-corrected chi connectivity index (χ2v) is 10.2. The maximum atomic E-state index is 14.7. The van der Waals surface area contributed by atoms with Crippen LogP contribution in [-0.2, 0) is 10.0 Å². The Morgan fingerprint density at radius 2 is 1.86 bits per heavy atom. The Bertz CT molecular complexity index is 1050. The molecule has 2 aromatic carbocycles. The van der Waals surface area contributed by atoms with E-state index >= 15 is 0 Å². The van der Waals surface area contributed by atoms with Gasteiger partial charge in [-0.05, 0) is 66.1 Å². The first-order chi connectivity index (χ1) is 13.3. The van der Waals surface area contributed by atoms with E-state index in [9.17, 15) is 17.2 Å². The highest BCUT2D eigenvalue weighted by Gasteiger charge is 2.54. The number of rotatable bonds is 2. The minimum Gasteiger partial charge on any atom is -0.487 e. The molecular weight excluding hydrogens is 501 g/mol. The van der Waals surface area contributed by atoms with Gasteiger partial charge >= 0.3 is 0 Å². The smallest absolute Gasteiger partial charge is 0.238 e. The van der Waals surface area contributed by atoms with E-state index in [-0.39, 0.29) is 23.7 Å². The predicted octanol–water partition coefficient (Wildman–Crippen LogP) is 4.93. The Labute approximate surface area is 175 Å². The molecule has 4 rings (SSSR count). The van der Waals surface area contributed by atoms with Crippen molar-refractivity contribution in [1.82, 2.24) is 0 Å². The molecule has 1 aliphatic heterocycles. The van der Waals surface area contributed by atoms with E-state index in [4.69, 9.17) is 4.74 Å². The predicted molar refractivity (Wildman–Crippen MR) is 113 cm³/mol. The van der Waals surface area contributed by atoms with E-state index in [1.54, 1.807) is 36.4 Å². The highest BCUT2D eigenvalue weighted by Crippen LogP contribution is 2.49. The summed E-state index contributed by atoms with van der Waals surface area (Å²) in [4.78, 5) is 0. The Balaban J connectivity index is 1.84. The molecule has 0 unspecified atom stereocenters. The molecule has 1 fully saturated rings. The van der Waals surface area contributed by atoms with Crippen LogP contribution in [0.2, 0.25) is 0 Å². The quantitative estimate of drug-likeness (QED) is 0.438. The van der Waals surface area contributed by atoms with Crippen LogP contribution in [0.4, 0.5) is 25.8 Å². The molecule has 28 heavy (non-hydrogen) atoms. The topological polar surface area (TPSA) is 67.4 Å². The van der Waals surface area contributed by atoms with Gasteiger partial charge in [0.05, 0.1) is 4.75 Å². The van der Waals surface area contributed by atoms with Gasteiger partial charge in [-0.3, -0.25) is 4.72 Å². The normalized spacial score (nSPS) is 20.4. The molecule has 2 aromatic rings. The number of nitrogens with one attached hydrogen (secondary N) is 2. The van der Waals surface area contributed by atoms with Crippen molar-refractivity contribution in [2.45, 2.75) is 24.0 Å². The van der Waals surface area contributed by atoms with Gasteiger partial charge in [0.1, 0.15) is 23.7 Å². The van der Waals surface area contributed by atoms with Crippen LogP contribution in [0.5, 0.6) is 5.75 Å². The van der Waals surface area contributed by atoms with E-state index in [0.717, 1.165) is 9.64 Å². The zero-order valence-electron chi connectivity index (χ0n) is 14.6. The van der Waals surface area contributed by atoms with E-state index < -0.39 is 26.4 Å². The van der Waals surface area contributed by atoms with Crippen LogP contribution in [-0.4, -0.2) is 19.8 Å². The summed E-state index contributed by atoms with van der Waals surface area (Å²) in [5.41, 5.74) is 0.0589. The molecule has 9 heteroatoms. The molecule has 148 valence electrons. The van der Waals surface area contributed by atoms with Gasteiger partial charge in [-0.2, -0.15) is 0 Å². The van der Waals surface area contributed by atoms with Crippen LogP contribution in [0.15, 0.2) is 42.5 Å². The molecule has 0 aromatic heterocycles. The van der Waals surface area contributed by atoms with Crippen molar-refractivity contribution in [2.75, 3.05) is 16.6 Å². The van der Waals surface area contributed by atoms with Crippen LogP contribution in [0, 0.1) is 15.2 Å². The molecular formula is C19H17F2IN2O3S. The summed E-state index contributed by atoms with van der Waals surface area (Å²) in [6.07, 6.45) is 4.84. The first-order valence-electron chi connectivity index (χ1n) is 8.66. The molecule has 0 atom stereocenters. The third-order valence-electron chi connectivity index (χ3n) is 4.90. The maximum Gasteiger partial charge on any atom is 0.238 e. The lowest BCUT2D eigenvalue weighted by atomic mass is 10.2. The van der Waals surface area contributed by atoms with Crippen molar-refractivity contribution in [1.29, 1.82) is 0 Å². The van der Waals surface area contributed by atoms with Gasteiger partial charge in [0.25, 0.3) is 0 Å². The lowest BCUT2D eigenvalue weighted by Crippen LogP contribution is -2.30. The van der Waals surface area contributed by atoms with Crippen LogP contribution < -0.4 is 14.8 Å². The zero-order chi connectivity index (χ0) is 19.9. The lowest BCUT2D eigenvalue weighted by Gasteiger charge is -2.23. The van der Waals surface area contributed by atoms with Crippen molar-refractivity contribution >= 4 is 49.7 Å². The van der Waals surface area contributed by atoms with Crippen LogP contribution in [0.25, 0.3) is 0 Å². The summed E-state index contributed by atoms with van der Waals surface area (Å²) in [6.45, 7) is 0.124. The number of sulfonamides is 1. The fourth-order valence-electron chi connectivity index (χ4n) is 3.08. The molecule has 0 saturated heterocycles. The van der Waals surface area contributed by atoms with Gasteiger partial charge in [-0.15, -0.1) is 0 Å². The summed E-state index contributed by atoms with van der Waals surface area (Å²) in [6, 6.07) is 7.84. The van der Waals surface area contributed by atoms with E-state index in [0.29, 0.717) is 24.9 Å². The first kappa shape index (κ1) is 19.4. The SMILES string of the molecule is O=S1(=O)Nc2c(cc(F)c(F)c2Nc2ccc(I)cc2)OC/C=C/CC12CC2. The summed E-state index contributed by atoms with van der Waals surface area (Å²) in [7, 11) is -3.83. The molecule has 1 heterocycles. The summed E-state index contributed by atoms with van der Waals surface area (Å²) >= 11 is 2.13. The van der Waals surface area contributed by atoms with Crippen LogP contribution in [0.1, 0.15) is 19.3 Å². The molecule has 1 spiro atoms. The molecule has 5 nitrogen and oxygen atoms in total. The number of anilines is 3. The van der Waals surface area contributed by atoms with Gasteiger partial charge in [0.15, 0.2) is 11.6 Å². The first-order valence-corrected chi connectivity index (χ1v) is 11.2. The second kappa shape index (κ2) is 7.18. The van der Waals surface area contributed by atoms with Crippen molar-refractivity contribution in [3.05, 3.63) is 57.7 Å². The highest BCUT2D eigenvalue weighted by atomic mass is 127. The summed E-state index contributed by atoms with van der Waals surface area (Å²) < 4.78 is 62.9.